The molecule has 66 valence electrons. The number of aromatic amines is 1. The first-order valence-electron chi connectivity index (χ1n) is 3.72. The summed E-state index contributed by atoms with van der Waals surface area (Å²) in [7, 11) is 1.38. The summed E-state index contributed by atoms with van der Waals surface area (Å²) in [5.74, 6) is -0.245. The molecule has 0 saturated heterocycles. The molecule has 0 aliphatic rings. The van der Waals surface area contributed by atoms with Crippen molar-refractivity contribution in [2.45, 2.75) is 6.54 Å². The van der Waals surface area contributed by atoms with Crippen molar-refractivity contribution in [3.8, 4) is 0 Å². The summed E-state index contributed by atoms with van der Waals surface area (Å²) in [6.45, 7) is 0.931. The summed E-state index contributed by atoms with van der Waals surface area (Å²) in [6.07, 6.45) is 3.72. The Bertz CT molecular complexity index is 231. The highest BCUT2D eigenvalue weighted by Gasteiger charge is 1.98. The van der Waals surface area contributed by atoms with Crippen molar-refractivity contribution in [3.63, 3.8) is 0 Å². The lowest BCUT2D eigenvalue weighted by molar-refractivity contribution is -0.139. The van der Waals surface area contributed by atoms with Crippen LogP contribution in [0.3, 0.4) is 0 Å². The van der Waals surface area contributed by atoms with Crippen LogP contribution in [0.2, 0.25) is 0 Å². The van der Waals surface area contributed by atoms with Gasteiger partial charge in [0.15, 0.2) is 0 Å². The molecule has 4 nitrogen and oxygen atoms in total. The molecule has 4 heteroatoms. The number of methoxy groups -OCH3 is 1. The van der Waals surface area contributed by atoms with Crippen molar-refractivity contribution in [1.29, 1.82) is 0 Å². The van der Waals surface area contributed by atoms with Gasteiger partial charge in [-0.2, -0.15) is 0 Å². The number of hydrogen-bond donors (Lipinski definition) is 2. The number of esters is 1. The van der Waals surface area contributed by atoms with Gasteiger partial charge >= 0.3 is 5.97 Å². The maximum absolute atomic E-state index is 10.6. The monoisotopic (exact) mass is 168 g/mol. The predicted octanol–water partition coefficient (Wildman–Crippen LogP) is 0.277. The second-order valence-corrected chi connectivity index (χ2v) is 2.40. The number of hydrogen-bond acceptors (Lipinski definition) is 3. The molecule has 0 unspecified atom stereocenters. The Morgan fingerprint density at radius 3 is 3.17 bits per heavy atom. The van der Waals surface area contributed by atoms with Gasteiger partial charge in [0.1, 0.15) is 0 Å². The standard InChI is InChI=1S/C8H12N2O2/c1-12-8(11)6-10-5-7-2-3-9-4-7/h2-4,9-10H,5-6H2,1H3. The first-order chi connectivity index (χ1) is 5.83. The summed E-state index contributed by atoms with van der Waals surface area (Å²) >= 11 is 0. The fourth-order valence-electron chi connectivity index (χ4n) is 0.849. The second-order valence-electron chi connectivity index (χ2n) is 2.40. The van der Waals surface area contributed by atoms with E-state index in [4.69, 9.17) is 0 Å². The molecule has 0 aliphatic heterocycles. The summed E-state index contributed by atoms with van der Waals surface area (Å²) < 4.78 is 4.46. The quantitative estimate of drug-likeness (QED) is 0.635. The average molecular weight is 168 g/mol. The van der Waals surface area contributed by atoms with Crippen LogP contribution in [0.1, 0.15) is 5.56 Å². The van der Waals surface area contributed by atoms with E-state index < -0.39 is 0 Å². The molecule has 1 aromatic rings. The smallest absolute Gasteiger partial charge is 0.319 e. The zero-order valence-corrected chi connectivity index (χ0v) is 6.96. The lowest BCUT2D eigenvalue weighted by Crippen LogP contribution is -2.23. The molecule has 0 radical (unpaired) electrons. The first-order valence-corrected chi connectivity index (χ1v) is 3.72. The Labute approximate surface area is 70.9 Å². The van der Waals surface area contributed by atoms with Crippen LogP contribution < -0.4 is 5.32 Å². The zero-order valence-electron chi connectivity index (χ0n) is 6.96. The predicted molar refractivity (Wildman–Crippen MR) is 44.5 cm³/mol. The molecule has 0 amide bonds. The van der Waals surface area contributed by atoms with Gasteiger partial charge < -0.3 is 15.0 Å². The van der Waals surface area contributed by atoms with E-state index in [9.17, 15) is 4.79 Å². The number of carbonyl (C=O) groups excluding carboxylic acids is 1. The van der Waals surface area contributed by atoms with E-state index in [0.717, 1.165) is 5.56 Å². The number of rotatable bonds is 4. The number of H-pyrrole nitrogens is 1. The first kappa shape index (κ1) is 8.80. The molecule has 2 N–H and O–H groups in total. The van der Waals surface area contributed by atoms with Gasteiger partial charge in [-0.1, -0.05) is 0 Å². The Kier molecular flexibility index (Phi) is 3.35. The molecule has 0 atom stereocenters. The van der Waals surface area contributed by atoms with Gasteiger partial charge in [-0.3, -0.25) is 4.79 Å². The van der Waals surface area contributed by atoms with Crippen LogP contribution in [-0.4, -0.2) is 24.6 Å². The van der Waals surface area contributed by atoms with Crippen molar-refractivity contribution in [2.24, 2.45) is 0 Å². The molecule has 1 heterocycles. The molecular formula is C8H12N2O2. The van der Waals surface area contributed by atoms with Crippen molar-refractivity contribution in [2.75, 3.05) is 13.7 Å². The number of ether oxygens (including phenoxy) is 1. The zero-order chi connectivity index (χ0) is 8.81. The van der Waals surface area contributed by atoms with E-state index in [2.05, 4.69) is 15.0 Å². The fourth-order valence-corrected chi connectivity index (χ4v) is 0.849. The Morgan fingerprint density at radius 1 is 1.75 bits per heavy atom. The Hall–Kier alpha value is -1.29. The van der Waals surface area contributed by atoms with Crippen LogP contribution in [0, 0.1) is 0 Å². The topological polar surface area (TPSA) is 54.1 Å². The SMILES string of the molecule is COC(=O)CNCc1cc[nH]c1. The minimum absolute atomic E-state index is 0.245. The Morgan fingerprint density at radius 2 is 2.58 bits per heavy atom. The van der Waals surface area contributed by atoms with Gasteiger partial charge in [0.05, 0.1) is 13.7 Å². The molecule has 0 aromatic carbocycles. The molecule has 0 fully saturated rings. The van der Waals surface area contributed by atoms with Crippen LogP contribution in [0.25, 0.3) is 0 Å². The third-order valence-corrected chi connectivity index (χ3v) is 1.49. The van der Waals surface area contributed by atoms with Gasteiger partial charge in [-0.05, 0) is 11.6 Å². The minimum Gasteiger partial charge on any atom is -0.468 e. The minimum atomic E-state index is -0.245. The Balaban J connectivity index is 2.15. The molecular weight excluding hydrogens is 156 g/mol. The molecule has 0 spiro atoms. The van der Waals surface area contributed by atoms with Gasteiger partial charge in [0.2, 0.25) is 0 Å². The van der Waals surface area contributed by atoms with E-state index in [1.165, 1.54) is 7.11 Å². The summed E-state index contributed by atoms with van der Waals surface area (Å²) in [4.78, 5) is 13.6. The number of aromatic nitrogens is 1. The molecule has 0 bridgehead atoms. The van der Waals surface area contributed by atoms with Crippen LogP contribution in [-0.2, 0) is 16.1 Å². The molecule has 0 aliphatic carbocycles. The van der Waals surface area contributed by atoms with E-state index in [0.29, 0.717) is 6.54 Å². The largest absolute Gasteiger partial charge is 0.468 e. The van der Waals surface area contributed by atoms with Gasteiger partial charge in [-0.25, -0.2) is 0 Å². The van der Waals surface area contributed by atoms with Crippen molar-refractivity contribution >= 4 is 5.97 Å². The van der Waals surface area contributed by atoms with Crippen LogP contribution in [0.15, 0.2) is 18.5 Å². The average Bonchev–Trinajstić information content (AvgIpc) is 2.57. The maximum atomic E-state index is 10.6. The lowest BCUT2D eigenvalue weighted by Gasteiger charge is -2.00. The third-order valence-electron chi connectivity index (χ3n) is 1.49. The van der Waals surface area contributed by atoms with E-state index in [1.807, 2.05) is 18.5 Å². The molecule has 0 saturated carbocycles. The molecule has 1 rings (SSSR count). The van der Waals surface area contributed by atoms with Crippen molar-refractivity contribution < 1.29 is 9.53 Å². The van der Waals surface area contributed by atoms with Crippen molar-refractivity contribution in [1.82, 2.24) is 10.3 Å². The van der Waals surface area contributed by atoms with E-state index in [-0.39, 0.29) is 12.5 Å². The van der Waals surface area contributed by atoms with Crippen molar-refractivity contribution in [3.05, 3.63) is 24.0 Å². The summed E-state index contributed by atoms with van der Waals surface area (Å²) in [6, 6.07) is 1.95. The van der Waals surface area contributed by atoms with Gasteiger partial charge in [-0.15, -0.1) is 0 Å². The number of carbonyl (C=O) groups is 1. The van der Waals surface area contributed by atoms with Crippen LogP contribution in [0.5, 0.6) is 0 Å². The maximum Gasteiger partial charge on any atom is 0.319 e. The second kappa shape index (κ2) is 4.56. The fraction of sp³-hybridized carbons (Fsp3) is 0.375. The summed E-state index contributed by atoms with van der Waals surface area (Å²) in [5.41, 5.74) is 1.12. The lowest BCUT2D eigenvalue weighted by atomic mass is 10.3. The van der Waals surface area contributed by atoms with E-state index >= 15 is 0 Å². The highest BCUT2D eigenvalue weighted by molar-refractivity contribution is 5.71. The molecule has 1 aromatic heterocycles. The van der Waals surface area contributed by atoms with Gasteiger partial charge in [0.25, 0.3) is 0 Å². The highest BCUT2D eigenvalue weighted by Crippen LogP contribution is 1.94. The number of nitrogens with one attached hydrogen (secondary N) is 2. The third kappa shape index (κ3) is 2.75. The normalized spacial score (nSPS) is 9.75. The molecule has 12 heavy (non-hydrogen) atoms. The van der Waals surface area contributed by atoms with Crippen LogP contribution >= 0.6 is 0 Å². The van der Waals surface area contributed by atoms with Crippen LogP contribution in [0.4, 0.5) is 0 Å². The van der Waals surface area contributed by atoms with E-state index in [1.54, 1.807) is 0 Å². The van der Waals surface area contributed by atoms with Gasteiger partial charge in [0, 0.05) is 18.9 Å². The summed E-state index contributed by atoms with van der Waals surface area (Å²) in [5, 5.41) is 2.94. The highest BCUT2D eigenvalue weighted by atomic mass is 16.5.